The topological polar surface area (TPSA) is 18.5 Å². The van der Waals surface area contributed by atoms with Crippen molar-refractivity contribution in [2.75, 3.05) is 6.79 Å². The highest BCUT2D eigenvalue weighted by Gasteiger charge is 2.13. The second kappa shape index (κ2) is 8.25. The average molecular weight is 294 g/mol. The monoisotopic (exact) mass is 294 g/mol. The van der Waals surface area contributed by atoms with E-state index in [2.05, 4.69) is 0 Å². The molecule has 0 saturated carbocycles. The Hall–Kier alpha value is -2.10. The SMILES string of the molecule is CC.Cc1cc(F)cc(F)c1.Cc1cccc2c1OCO2. The Labute approximate surface area is 124 Å². The van der Waals surface area contributed by atoms with Crippen LogP contribution in [0.5, 0.6) is 11.5 Å². The van der Waals surface area contributed by atoms with Gasteiger partial charge in [0.2, 0.25) is 6.79 Å². The highest BCUT2D eigenvalue weighted by molar-refractivity contribution is 5.47. The minimum atomic E-state index is -0.521. The summed E-state index contributed by atoms with van der Waals surface area (Å²) in [5.74, 6) is 0.711. The molecule has 0 N–H and O–H groups in total. The summed E-state index contributed by atoms with van der Waals surface area (Å²) in [6.45, 7) is 8.01. The van der Waals surface area contributed by atoms with Crippen LogP contribution in [-0.4, -0.2) is 6.79 Å². The molecule has 114 valence electrons. The van der Waals surface area contributed by atoms with Crippen LogP contribution in [0.4, 0.5) is 8.78 Å². The van der Waals surface area contributed by atoms with Crippen LogP contribution in [0.3, 0.4) is 0 Å². The summed E-state index contributed by atoms with van der Waals surface area (Å²) >= 11 is 0. The highest BCUT2D eigenvalue weighted by Crippen LogP contribution is 2.34. The van der Waals surface area contributed by atoms with Gasteiger partial charge in [0.1, 0.15) is 11.6 Å². The summed E-state index contributed by atoms with van der Waals surface area (Å²) in [5, 5.41) is 0. The van der Waals surface area contributed by atoms with Crippen molar-refractivity contribution in [3.8, 4) is 11.5 Å². The Balaban J connectivity index is 0.000000189. The van der Waals surface area contributed by atoms with Crippen molar-refractivity contribution in [1.82, 2.24) is 0 Å². The Morgan fingerprint density at radius 1 is 0.905 bits per heavy atom. The number of aryl methyl sites for hydroxylation is 2. The summed E-state index contributed by atoms with van der Waals surface area (Å²) < 4.78 is 34.7. The van der Waals surface area contributed by atoms with Gasteiger partial charge in [-0.25, -0.2) is 8.78 Å². The number of hydrogen-bond donors (Lipinski definition) is 0. The van der Waals surface area contributed by atoms with E-state index in [1.165, 1.54) is 12.1 Å². The lowest BCUT2D eigenvalue weighted by Gasteiger charge is -1.96. The highest BCUT2D eigenvalue weighted by atomic mass is 19.1. The van der Waals surface area contributed by atoms with Crippen molar-refractivity contribution in [3.63, 3.8) is 0 Å². The van der Waals surface area contributed by atoms with Gasteiger partial charge in [-0.05, 0) is 43.2 Å². The standard InChI is InChI=1S/C8H8O2.C7H6F2.C2H6/c1-6-3-2-4-7-8(6)10-5-9-7;1-5-2-6(8)4-7(9)3-5;1-2/h2-4H,5H2,1H3;2-4H,1H3;1-2H3. The number of rotatable bonds is 0. The number of hydrogen-bond acceptors (Lipinski definition) is 2. The molecule has 1 aliphatic heterocycles. The Bertz CT molecular complexity index is 533. The van der Waals surface area contributed by atoms with Crippen molar-refractivity contribution < 1.29 is 18.3 Å². The fourth-order valence-electron chi connectivity index (χ4n) is 1.77. The average Bonchev–Trinajstić information content (AvgIpc) is 2.90. The summed E-state index contributed by atoms with van der Waals surface area (Å²) in [7, 11) is 0. The molecular weight excluding hydrogens is 274 g/mol. The largest absolute Gasteiger partial charge is 0.454 e. The Morgan fingerprint density at radius 2 is 1.52 bits per heavy atom. The molecule has 0 aromatic heterocycles. The normalized spacial score (nSPS) is 11.0. The van der Waals surface area contributed by atoms with Crippen LogP contribution < -0.4 is 9.47 Å². The molecular formula is C17H20F2O2. The predicted molar refractivity (Wildman–Crippen MR) is 79.7 cm³/mol. The lowest BCUT2D eigenvalue weighted by molar-refractivity contribution is 0.173. The molecule has 21 heavy (non-hydrogen) atoms. The van der Waals surface area contributed by atoms with Crippen molar-refractivity contribution in [2.24, 2.45) is 0 Å². The van der Waals surface area contributed by atoms with E-state index in [9.17, 15) is 8.78 Å². The van der Waals surface area contributed by atoms with Crippen LogP contribution in [0.15, 0.2) is 36.4 Å². The summed E-state index contributed by atoms with van der Waals surface area (Å²) in [6.07, 6.45) is 0. The van der Waals surface area contributed by atoms with E-state index in [1.807, 2.05) is 39.0 Å². The molecule has 0 bridgehead atoms. The van der Waals surface area contributed by atoms with Gasteiger partial charge in [0.15, 0.2) is 11.5 Å². The summed E-state index contributed by atoms with van der Waals surface area (Å²) in [4.78, 5) is 0. The summed E-state index contributed by atoms with van der Waals surface area (Å²) in [6, 6.07) is 9.30. The summed E-state index contributed by atoms with van der Waals surface area (Å²) in [5.41, 5.74) is 1.74. The molecule has 2 aromatic rings. The van der Waals surface area contributed by atoms with Crippen molar-refractivity contribution >= 4 is 0 Å². The smallest absolute Gasteiger partial charge is 0.231 e. The fourth-order valence-corrected chi connectivity index (χ4v) is 1.77. The number of fused-ring (bicyclic) bond motifs is 1. The quantitative estimate of drug-likeness (QED) is 0.679. The molecule has 0 aliphatic carbocycles. The maximum absolute atomic E-state index is 12.2. The molecule has 0 spiro atoms. The first kappa shape index (κ1) is 17.0. The van der Waals surface area contributed by atoms with Gasteiger partial charge in [0, 0.05) is 6.07 Å². The van der Waals surface area contributed by atoms with Gasteiger partial charge in [0.05, 0.1) is 0 Å². The number of para-hydroxylation sites is 1. The molecule has 0 amide bonds. The van der Waals surface area contributed by atoms with E-state index in [0.717, 1.165) is 23.1 Å². The molecule has 0 saturated heterocycles. The van der Waals surface area contributed by atoms with E-state index in [0.29, 0.717) is 12.4 Å². The van der Waals surface area contributed by atoms with Gasteiger partial charge >= 0.3 is 0 Å². The van der Waals surface area contributed by atoms with Crippen LogP contribution in [0, 0.1) is 25.5 Å². The van der Waals surface area contributed by atoms with E-state index in [4.69, 9.17) is 9.47 Å². The minimum Gasteiger partial charge on any atom is -0.454 e. The van der Waals surface area contributed by atoms with Gasteiger partial charge in [-0.1, -0.05) is 26.0 Å². The number of ether oxygens (including phenoxy) is 2. The van der Waals surface area contributed by atoms with Crippen LogP contribution in [0.2, 0.25) is 0 Å². The maximum atomic E-state index is 12.2. The molecule has 1 aliphatic rings. The van der Waals surface area contributed by atoms with Crippen LogP contribution in [0.25, 0.3) is 0 Å². The van der Waals surface area contributed by atoms with Crippen molar-refractivity contribution in [1.29, 1.82) is 0 Å². The van der Waals surface area contributed by atoms with Crippen LogP contribution in [0.1, 0.15) is 25.0 Å². The van der Waals surface area contributed by atoms with E-state index >= 15 is 0 Å². The molecule has 0 atom stereocenters. The van der Waals surface area contributed by atoms with E-state index < -0.39 is 11.6 Å². The third-order valence-corrected chi connectivity index (χ3v) is 2.60. The predicted octanol–water partition coefficient (Wildman–Crippen LogP) is 5.02. The second-order valence-corrected chi connectivity index (χ2v) is 4.26. The first-order chi connectivity index (χ1) is 10.1. The number of benzene rings is 2. The lowest BCUT2D eigenvalue weighted by Crippen LogP contribution is -1.93. The Kier molecular flexibility index (Phi) is 6.66. The molecule has 0 radical (unpaired) electrons. The zero-order valence-corrected chi connectivity index (χ0v) is 12.7. The van der Waals surface area contributed by atoms with Gasteiger partial charge in [-0.2, -0.15) is 0 Å². The first-order valence-corrected chi connectivity index (χ1v) is 6.84. The molecule has 1 heterocycles. The second-order valence-electron chi connectivity index (χ2n) is 4.26. The first-order valence-electron chi connectivity index (χ1n) is 6.84. The zero-order chi connectivity index (χ0) is 15.8. The number of halogens is 2. The van der Waals surface area contributed by atoms with Gasteiger partial charge in [-0.15, -0.1) is 0 Å². The molecule has 0 fully saturated rings. The van der Waals surface area contributed by atoms with E-state index in [1.54, 1.807) is 6.92 Å². The van der Waals surface area contributed by atoms with Crippen LogP contribution >= 0.6 is 0 Å². The minimum absolute atomic E-state index is 0.361. The van der Waals surface area contributed by atoms with Gasteiger partial charge in [0.25, 0.3) is 0 Å². The lowest BCUT2D eigenvalue weighted by atomic mass is 10.2. The van der Waals surface area contributed by atoms with E-state index in [-0.39, 0.29) is 0 Å². The van der Waals surface area contributed by atoms with Crippen molar-refractivity contribution in [3.05, 3.63) is 59.2 Å². The Morgan fingerprint density at radius 3 is 2.05 bits per heavy atom. The van der Waals surface area contributed by atoms with Crippen LogP contribution in [-0.2, 0) is 0 Å². The molecule has 3 rings (SSSR count). The molecule has 0 unspecified atom stereocenters. The molecule has 4 heteroatoms. The van der Waals surface area contributed by atoms with Gasteiger partial charge < -0.3 is 9.47 Å². The molecule has 2 nitrogen and oxygen atoms in total. The third kappa shape index (κ3) is 5.06. The fraction of sp³-hybridized carbons (Fsp3) is 0.294. The maximum Gasteiger partial charge on any atom is 0.231 e. The third-order valence-electron chi connectivity index (χ3n) is 2.60. The zero-order valence-electron chi connectivity index (χ0n) is 12.7. The molecule has 2 aromatic carbocycles. The van der Waals surface area contributed by atoms with Crippen molar-refractivity contribution in [2.45, 2.75) is 27.7 Å². The van der Waals surface area contributed by atoms with Gasteiger partial charge in [-0.3, -0.25) is 0 Å².